The van der Waals surface area contributed by atoms with E-state index in [1.54, 1.807) is 25.1 Å². The molecule has 3 rings (SSSR count). The molecule has 1 aliphatic heterocycles. The summed E-state index contributed by atoms with van der Waals surface area (Å²) in [5, 5.41) is 0. The Bertz CT molecular complexity index is 662. The number of halogens is 1. The topological polar surface area (TPSA) is 26.3 Å². The van der Waals surface area contributed by atoms with Crippen LogP contribution in [-0.4, -0.2) is 5.78 Å². The number of hydrogen-bond acceptors (Lipinski definition) is 2. The Morgan fingerprint density at radius 1 is 1.11 bits per heavy atom. The minimum atomic E-state index is -0.471. The van der Waals surface area contributed by atoms with Gasteiger partial charge in [0.15, 0.2) is 5.78 Å². The van der Waals surface area contributed by atoms with Crippen LogP contribution < -0.4 is 0 Å². The van der Waals surface area contributed by atoms with Gasteiger partial charge in [-0.1, -0.05) is 18.2 Å². The number of fused-ring (bicyclic) bond motifs is 1. The summed E-state index contributed by atoms with van der Waals surface area (Å²) in [4.78, 5) is 12.3. The molecule has 96 valence electrons. The zero-order chi connectivity index (χ0) is 13.4. The van der Waals surface area contributed by atoms with E-state index in [-0.39, 0.29) is 11.3 Å². The number of ketones is 1. The van der Waals surface area contributed by atoms with E-state index in [2.05, 4.69) is 0 Å². The highest BCUT2D eigenvalue weighted by Crippen LogP contribution is 2.23. The van der Waals surface area contributed by atoms with Gasteiger partial charge < -0.3 is 4.74 Å². The maximum Gasteiger partial charge on any atom is 0.195 e. The van der Waals surface area contributed by atoms with Crippen molar-refractivity contribution in [3.05, 3.63) is 70.0 Å². The number of aryl methyl sites for hydroxylation is 1. The molecule has 0 bridgehead atoms. The van der Waals surface area contributed by atoms with Crippen molar-refractivity contribution in [3.63, 3.8) is 0 Å². The van der Waals surface area contributed by atoms with E-state index in [0.29, 0.717) is 18.8 Å². The molecule has 2 nitrogen and oxygen atoms in total. The molecular weight excluding hydrogens is 243 g/mol. The Morgan fingerprint density at radius 2 is 1.89 bits per heavy atom. The second-order valence-electron chi connectivity index (χ2n) is 4.79. The van der Waals surface area contributed by atoms with Crippen LogP contribution in [0.2, 0.25) is 0 Å². The van der Waals surface area contributed by atoms with Crippen LogP contribution in [0.4, 0.5) is 4.39 Å². The first-order valence-electron chi connectivity index (χ1n) is 6.15. The van der Waals surface area contributed by atoms with Crippen LogP contribution in [0.25, 0.3) is 0 Å². The first kappa shape index (κ1) is 12.1. The van der Waals surface area contributed by atoms with Crippen LogP contribution in [-0.2, 0) is 18.0 Å². The van der Waals surface area contributed by atoms with Crippen molar-refractivity contribution >= 4 is 5.78 Å². The number of hydrogen-bond donors (Lipinski definition) is 0. The molecule has 2 aromatic carbocycles. The smallest absolute Gasteiger partial charge is 0.195 e. The Morgan fingerprint density at radius 3 is 2.68 bits per heavy atom. The summed E-state index contributed by atoms with van der Waals surface area (Å²) in [6.07, 6.45) is 0. The van der Waals surface area contributed by atoms with Crippen LogP contribution in [0.3, 0.4) is 0 Å². The van der Waals surface area contributed by atoms with E-state index in [1.165, 1.54) is 12.1 Å². The molecule has 3 heteroatoms. The lowest BCUT2D eigenvalue weighted by molar-refractivity contribution is 0.103. The second kappa shape index (κ2) is 4.59. The monoisotopic (exact) mass is 256 g/mol. The van der Waals surface area contributed by atoms with Gasteiger partial charge in [0.05, 0.1) is 18.8 Å². The lowest BCUT2D eigenvalue weighted by Gasteiger charge is -2.05. The van der Waals surface area contributed by atoms with Crippen molar-refractivity contribution in [1.82, 2.24) is 0 Å². The second-order valence-corrected chi connectivity index (χ2v) is 4.79. The van der Waals surface area contributed by atoms with Crippen molar-refractivity contribution in [2.75, 3.05) is 0 Å². The zero-order valence-electron chi connectivity index (χ0n) is 10.6. The summed E-state index contributed by atoms with van der Waals surface area (Å²) in [6, 6.07) is 10.1. The Balaban J connectivity index is 2.00. The predicted octanol–water partition coefficient (Wildman–Crippen LogP) is 3.40. The Labute approximate surface area is 110 Å². The van der Waals surface area contributed by atoms with Crippen molar-refractivity contribution in [3.8, 4) is 0 Å². The fourth-order valence-corrected chi connectivity index (χ4v) is 2.27. The summed E-state index contributed by atoms with van der Waals surface area (Å²) in [6.45, 7) is 2.90. The predicted molar refractivity (Wildman–Crippen MR) is 69.5 cm³/mol. The molecule has 0 aliphatic carbocycles. The molecule has 0 atom stereocenters. The summed E-state index contributed by atoms with van der Waals surface area (Å²) >= 11 is 0. The standard InChI is InChI=1S/C16H13FO2/c1-10-2-5-14(15(17)6-10)16(18)11-3-4-12-8-19-9-13(12)7-11/h2-7H,8-9H2,1H3. The third-order valence-electron chi connectivity index (χ3n) is 3.35. The third-order valence-corrected chi connectivity index (χ3v) is 3.35. The Hall–Kier alpha value is -2.00. The summed E-state index contributed by atoms with van der Waals surface area (Å²) in [7, 11) is 0. The Kier molecular flexibility index (Phi) is 2.91. The molecule has 2 aromatic rings. The van der Waals surface area contributed by atoms with Gasteiger partial charge in [0, 0.05) is 5.56 Å². The first-order chi connectivity index (χ1) is 9.15. The van der Waals surface area contributed by atoms with Gasteiger partial charge >= 0.3 is 0 Å². The average Bonchev–Trinajstić information content (AvgIpc) is 2.85. The van der Waals surface area contributed by atoms with Gasteiger partial charge in [-0.3, -0.25) is 4.79 Å². The fraction of sp³-hybridized carbons (Fsp3) is 0.188. The van der Waals surface area contributed by atoms with Gasteiger partial charge in [-0.15, -0.1) is 0 Å². The third kappa shape index (κ3) is 2.17. The molecule has 0 unspecified atom stereocenters. The normalized spacial score (nSPS) is 13.4. The zero-order valence-corrected chi connectivity index (χ0v) is 10.6. The molecule has 19 heavy (non-hydrogen) atoms. The summed E-state index contributed by atoms with van der Waals surface area (Å²) in [5.74, 6) is -0.756. The van der Waals surface area contributed by atoms with Gasteiger partial charge in [0.1, 0.15) is 5.82 Å². The molecule has 0 aromatic heterocycles. The number of carbonyl (C=O) groups is 1. The molecule has 0 saturated carbocycles. The minimum absolute atomic E-state index is 0.115. The van der Waals surface area contributed by atoms with Gasteiger partial charge in [-0.2, -0.15) is 0 Å². The lowest BCUT2D eigenvalue weighted by Crippen LogP contribution is -2.05. The van der Waals surface area contributed by atoms with E-state index in [0.717, 1.165) is 16.7 Å². The minimum Gasteiger partial charge on any atom is -0.372 e. The molecule has 0 fully saturated rings. The number of ether oxygens (including phenoxy) is 1. The van der Waals surface area contributed by atoms with E-state index in [4.69, 9.17) is 4.74 Å². The van der Waals surface area contributed by atoms with Crippen LogP contribution in [0.5, 0.6) is 0 Å². The van der Waals surface area contributed by atoms with E-state index < -0.39 is 5.82 Å². The molecule has 1 aliphatic rings. The van der Waals surface area contributed by atoms with Gasteiger partial charge in [0.25, 0.3) is 0 Å². The highest BCUT2D eigenvalue weighted by molar-refractivity contribution is 6.09. The molecule has 1 heterocycles. The van der Waals surface area contributed by atoms with E-state index in [9.17, 15) is 9.18 Å². The van der Waals surface area contributed by atoms with Crippen LogP contribution >= 0.6 is 0 Å². The lowest BCUT2D eigenvalue weighted by atomic mass is 9.98. The van der Waals surface area contributed by atoms with Gasteiger partial charge in [-0.05, 0) is 41.8 Å². The van der Waals surface area contributed by atoms with Crippen LogP contribution in [0.1, 0.15) is 32.6 Å². The number of carbonyl (C=O) groups excluding carboxylic acids is 1. The maximum absolute atomic E-state index is 13.8. The van der Waals surface area contributed by atoms with Crippen molar-refractivity contribution < 1.29 is 13.9 Å². The molecular formula is C16H13FO2. The van der Waals surface area contributed by atoms with Gasteiger partial charge in [0.2, 0.25) is 0 Å². The largest absolute Gasteiger partial charge is 0.372 e. The molecule has 0 saturated heterocycles. The fourth-order valence-electron chi connectivity index (χ4n) is 2.27. The van der Waals surface area contributed by atoms with Crippen molar-refractivity contribution in [2.24, 2.45) is 0 Å². The van der Waals surface area contributed by atoms with Gasteiger partial charge in [-0.25, -0.2) is 4.39 Å². The summed E-state index contributed by atoms with van der Waals surface area (Å²) in [5.41, 5.74) is 3.53. The van der Waals surface area contributed by atoms with Crippen molar-refractivity contribution in [2.45, 2.75) is 20.1 Å². The average molecular weight is 256 g/mol. The number of benzene rings is 2. The van der Waals surface area contributed by atoms with E-state index >= 15 is 0 Å². The highest BCUT2D eigenvalue weighted by atomic mass is 19.1. The SMILES string of the molecule is Cc1ccc(C(=O)c2ccc3c(c2)COC3)c(F)c1. The molecule has 0 N–H and O–H groups in total. The van der Waals surface area contributed by atoms with Crippen molar-refractivity contribution in [1.29, 1.82) is 0 Å². The number of rotatable bonds is 2. The quantitative estimate of drug-likeness (QED) is 0.770. The maximum atomic E-state index is 13.8. The molecule has 0 radical (unpaired) electrons. The highest BCUT2D eigenvalue weighted by Gasteiger charge is 2.17. The van der Waals surface area contributed by atoms with E-state index in [1.807, 2.05) is 6.07 Å². The first-order valence-corrected chi connectivity index (χ1v) is 6.15. The van der Waals surface area contributed by atoms with Crippen LogP contribution in [0, 0.1) is 12.7 Å². The van der Waals surface area contributed by atoms with Crippen LogP contribution in [0.15, 0.2) is 36.4 Å². The molecule has 0 amide bonds. The summed E-state index contributed by atoms with van der Waals surface area (Å²) < 4.78 is 19.1. The molecule has 0 spiro atoms.